The number of aromatic nitrogens is 3. The van der Waals surface area contributed by atoms with Crippen molar-refractivity contribution in [3.05, 3.63) is 57.0 Å². The Morgan fingerprint density at radius 2 is 2.16 bits per heavy atom. The standard InChI is InChI=1S/C17H13ClN4O3/c1-25-14-7-10-6-9-4-5-22(16(9)19-13(10)8-11(14)18)17(24)12-2-3-15(23)21-20-12/h2-3,6-8H,4-5H2,1H3,(H,21,23). The number of anilines is 1. The molecule has 0 unspecified atom stereocenters. The van der Waals surface area contributed by atoms with Crippen LogP contribution in [0.1, 0.15) is 16.1 Å². The van der Waals surface area contributed by atoms with Crippen molar-refractivity contribution in [3.8, 4) is 5.75 Å². The molecule has 1 aliphatic heterocycles. The zero-order chi connectivity index (χ0) is 17.6. The topological polar surface area (TPSA) is 88.2 Å². The molecule has 1 aromatic carbocycles. The summed E-state index contributed by atoms with van der Waals surface area (Å²) in [5.41, 5.74) is 1.46. The van der Waals surface area contributed by atoms with Crippen LogP contribution in [0.15, 0.2) is 35.1 Å². The van der Waals surface area contributed by atoms with E-state index < -0.39 is 0 Å². The number of pyridine rings is 1. The summed E-state index contributed by atoms with van der Waals surface area (Å²) >= 11 is 6.17. The van der Waals surface area contributed by atoms with Gasteiger partial charge in [-0.3, -0.25) is 14.5 Å². The van der Waals surface area contributed by atoms with Crippen LogP contribution >= 0.6 is 11.6 Å². The average molecular weight is 357 g/mol. The molecule has 0 atom stereocenters. The lowest BCUT2D eigenvalue weighted by Crippen LogP contribution is -2.31. The highest BCUT2D eigenvalue weighted by Gasteiger charge is 2.28. The van der Waals surface area contributed by atoms with E-state index in [0.717, 1.165) is 10.9 Å². The van der Waals surface area contributed by atoms with E-state index >= 15 is 0 Å². The third-order valence-electron chi connectivity index (χ3n) is 4.15. The molecule has 4 rings (SSSR count). The van der Waals surface area contributed by atoms with Crippen LogP contribution in [0.4, 0.5) is 5.82 Å². The second-order valence-electron chi connectivity index (χ2n) is 5.66. The maximum absolute atomic E-state index is 12.7. The Hall–Kier alpha value is -2.93. The number of hydrogen-bond donors (Lipinski definition) is 1. The van der Waals surface area contributed by atoms with E-state index in [0.29, 0.717) is 35.1 Å². The van der Waals surface area contributed by atoms with E-state index in [1.807, 2.05) is 12.1 Å². The van der Waals surface area contributed by atoms with E-state index in [1.54, 1.807) is 18.1 Å². The summed E-state index contributed by atoms with van der Waals surface area (Å²) in [6.45, 7) is 0.503. The Labute approximate surface area is 147 Å². The smallest absolute Gasteiger partial charge is 0.279 e. The lowest BCUT2D eigenvalue weighted by atomic mass is 10.1. The first-order valence-corrected chi connectivity index (χ1v) is 7.99. The minimum absolute atomic E-state index is 0.169. The van der Waals surface area contributed by atoms with E-state index in [1.165, 1.54) is 12.1 Å². The Balaban J connectivity index is 1.78. The van der Waals surface area contributed by atoms with Gasteiger partial charge in [-0.1, -0.05) is 11.6 Å². The number of carbonyl (C=O) groups is 1. The van der Waals surface area contributed by atoms with Crippen LogP contribution < -0.4 is 15.2 Å². The fraction of sp³-hybridized carbons (Fsp3) is 0.176. The number of H-pyrrole nitrogens is 1. The number of fused-ring (bicyclic) bond motifs is 2. The molecule has 7 nitrogen and oxygen atoms in total. The van der Waals surface area contributed by atoms with E-state index in [-0.39, 0.29) is 17.2 Å². The molecule has 8 heteroatoms. The highest BCUT2D eigenvalue weighted by molar-refractivity contribution is 6.32. The van der Waals surface area contributed by atoms with Gasteiger partial charge in [0.1, 0.15) is 17.3 Å². The quantitative estimate of drug-likeness (QED) is 0.760. The number of amides is 1. The van der Waals surface area contributed by atoms with Crippen molar-refractivity contribution < 1.29 is 9.53 Å². The number of methoxy groups -OCH3 is 1. The summed E-state index contributed by atoms with van der Waals surface area (Å²) in [5.74, 6) is 0.868. The largest absolute Gasteiger partial charge is 0.495 e. The van der Waals surface area contributed by atoms with Gasteiger partial charge in [-0.25, -0.2) is 10.1 Å². The van der Waals surface area contributed by atoms with Crippen LogP contribution in [-0.4, -0.2) is 34.7 Å². The van der Waals surface area contributed by atoms with Gasteiger partial charge in [0.05, 0.1) is 17.6 Å². The van der Waals surface area contributed by atoms with Gasteiger partial charge in [0.25, 0.3) is 11.5 Å². The molecule has 0 saturated heterocycles. The normalized spacial score (nSPS) is 13.1. The summed E-state index contributed by atoms with van der Waals surface area (Å²) in [6.07, 6.45) is 0.693. The van der Waals surface area contributed by atoms with E-state index in [9.17, 15) is 9.59 Å². The van der Waals surface area contributed by atoms with Gasteiger partial charge in [0, 0.05) is 18.0 Å². The Morgan fingerprint density at radius 1 is 1.32 bits per heavy atom. The minimum atomic E-state index is -0.355. The van der Waals surface area contributed by atoms with Crippen LogP contribution in [0.5, 0.6) is 5.75 Å². The van der Waals surface area contributed by atoms with E-state index in [2.05, 4.69) is 15.2 Å². The number of rotatable bonds is 2. The molecule has 3 heterocycles. The summed E-state index contributed by atoms with van der Waals surface area (Å²) in [7, 11) is 1.56. The third-order valence-corrected chi connectivity index (χ3v) is 4.44. The van der Waals surface area contributed by atoms with Gasteiger partial charge in [0.2, 0.25) is 0 Å². The first-order valence-electron chi connectivity index (χ1n) is 7.61. The predicted molar refractivity (Wildman–Crippen MR) is 93.5 cm³/mol. The number of halogens is 1. The molecule has 126 valence electrons. The molecular weight excluding hydrogens is 344 g/mol. The molecular formula is C17H13ClN4O3. The molecule has 2 aromatic heterocycles. The summed E-state index contributed by atoms with van der Waals surface area (Å²) in [4.78, 5) is 30.0. The van der Waals surface area contributed by atoms with Crippen LogP contribution in [0.3, 0.4) is 0 Å². The third kappa shape index (κ3) is 2.62. The molecule has 3 aromatic rings. The predicted octanol–water partition coefficient (Wildman–Crippen LogP) is 2.18. The van der Waals surface area contributed by atoms with Crippen molar-refractivity contribution >= 4 is 34.2 Å². The van der Waals surface area contributed by atoms with Crippen LogP contribution in [0, 0.1) is 0 Å². The van der Waals surface area contributed by atoms with Crippen molar-refractivity contribution in [2.45, 2.75) is 6.42 Å². The molecule has 0 spiro atoms. The number of nitrogens with one attached hydrogen (secondary N) is 1. The lowest BCUT2D eigenvalue weighted by molar-refractivity contribution is 0.0983. The minimum Gasteiger partial charge on any atom is -0.495 e. The summed E-state index contributed by atoms with van der Waals surface area (Å²) in [6, 6.07) is 8.22. The Morgan fingerprint density at radius 3 is 2.88 bits per heavy atom. The SMILES string of the molecule is COc1cc2cc3c(nc2cc1Cl)N(C(=O)c1ccc(=O)[nH]n1)CC3. The lowest BCUT2D eigenvalue weighted by Gasteiger charge is -2.16. The monoisotopic (exact) mass is 356 g/mol. The maximum atomic E-state index is 12.7. The highest BCUT2D eigenvalue weighted by Crippen LogP contribution is 2.34. The number of aromatic amines is 1. The van der Waals surface area contributed by atoms with Gasteiger partial charge in [-0.05, 0) is 36.2 Å². The fourth-order valence-corrected chi connectivity index (χ4v) is 3.16. The van der Waals surface area contributed by atoms with Crippen LogP contribution in [0.25, 0.3) is 10.9 Å². The van der Waals surface area contributed by atoms with Crippen LogP contribution in [-0.2, 0) is 6.42 Å². The highest BCUT2D eigenvalue weighted by atomic mass is 35.5. The fourth-order valence-electron chi connectivity index (χ4n) is 2.92. The summed E-state index contributed by atoms with van der Waals surface area (Å²) in [5, 5.41) is 7.43. The van der Waals surface area contributed by atoms with Crippen molar-refractivity contribution in [3.63, 3.8) is 0 Å². The van der Waals surface area contributed by atoms with Gasteiger partial charge in [-0.15, -0.1) is 0 Å². The second-order valence-corrected chi connectivity index (χ2v) is 6.07. The van der Waals surface area contributed by atoms with Gasteiger partial charge in [-0.2, -0.15) is 5.10 Å². The number of benzene rings is 1. The first kappa shape index (κ1) is 15.6. The molecule has 0 saturated carbocycles. The molecule has 0 radical (unpaired) electrons. The molecule has 0 fully saturated rings. The van der Waals surface area contributed by atoms with Gasteiger partial charge >= 0.3 is 0 Å². The van der Waals surface area contributed by atoms with Crippen molar-refractivity contribution in [1.29, 1.82) is 0 Å². The first-order chi connectivity index (χ1) is 12.1. The van der Waals surface area contributed by atoms with Gasteiger partial charge in [0.15, 0.2) is 0 Å². The van der Waals surface area contributed by atoms with Crippen molar-refractivity contribution in [1.82, 2.24) is 15.2 Å². The molecule has 1 amide bonds. The maximum Gasteiger partial charge on any atom is 0.279 e. The zero-order valence-electron chi connectivity index (χ0n) is 13.2. The average Bonchev–Trinajstić information content (AvgIpc) is 3.02. The number of hydrogen-bond acceptors (Lipinski definition) is 5. The molecule has 0 aliphatic carbocycles. The summed E-state index contributed by atoms with van der Waals surface area (Å²) < 4.78 is 5.24. The Bertz CT molecular complexity index is 1040. The molecule has 1 N–H and O–H groups in total. The van der Waals surface area contributed by atoms with Gasteiger partial charge < -0.3 is 4.74 Å². The van der Waals surface area contributed by atoms with E-state index in [4.69, 9.17) is 16.3 Å². The van der Waals surface area contributed by atoms with Crippen LogP contribution in [0.2, 0.25) is 5.02 Å². The second kappa shape index (κ2) is 5.86. The van der Waals surface area contributed by atoms with Crippen molar-refractivity contribution in [2.75, 3.05) is 18.6 Å². The van der Waals surface area contributed by atoms with Crippen molar-refractivity contribution in [2.24, 2.45) is 0 Å². The molecule has 1 aliphatic rings. The number of nitrogens with zero attached hydrogens (tertiary/aromatic N) is 3. The zero-order valence-corrected chi connectivity index (χ0v) is 14.0. The number of ether oxygens (including phenoxy) is 1. The molecule has 25 heavy (non-hydrogen) atoms. The Kier molecular flexibility index (Phi) is 3.65. The molecule has 0 bridgehead atoms. The number of carbonyl (C=O) groups excluding carboxylic acids is 1.